The van der Waals surface area contributed by atoms with E-state index in [1.54, 1.807) is 13.2 Å². The summed E-state index contributed by atoms with van der Waals surface area (Å²) in [6.45, 7) is 4.67. The highest BCUT2D eigenvalue weighted by molar-refractivity contribution is 5.84. The van der Waals surface area contributed by atoms with Crippen molar-refractivity contribution in [3.05, 3.63) is 35.4 Å². The third-order valence-electron chi connectivity index (χ3n) is 5.77. The summed E-state index contributed by atoms with van der Waals surface area (Å²) in [4.78, 5) is 30.9. The number of alkyl halides is 3. The van der Waals surface area contributed by atoms with Gasteiger partial charge in [-0.15, -0.1) is 0 Å². The first-order valence-corrected chi connectivity index (χ1v) is 10.2. The van der Waals surface area contributed by atoms with Gasteiger partial charge in [0.15, 0.2) is 0 Å². The lowest BCUT2D eigenvalue weighted by Gasteiger charge is -2.39. The average molecular weight is 427 g/mol. The van der Waals surface area contributed by atoms with Gasteiger partial charge in [-0.3, -0.25) is 14.5 Å². The van der Waals surface area contributed by atoms with Crippen LogP contribution in [0, 0.1) is 5.92 Å². The molecule has 2 aliphatic heterocycles. The Bertz CT molecular complexity index is 749. The SMILES string of the molecule is COCCN1CCN(C(=O)C2CCC(=O)N(Cc3cccc(C(F)(F)F)c3)C2)CC1. The first kappa shape index (κ1) is 22.6. The molecule has 0 aliphatic carbocycles. The maximum Gasteiger partial charge on any atom is 0.416 e. The molecule has 3 rings (SSSR count). The molecule has 0 N–H and O–H groups in total. The number of likely N-dealkylation sites (tertiary alicyclic amines) is 1. The van der Waals surface area contributed by atoms with Gasteiger partial charge in [-0.25, -0.2) is 0 Å². The summed E-state index contributed by atoms with van der Waals surface area (Å²) in [5.74, 6) is -0.400. The van der Waals surface area contributed by atoms with E-state index in [9.17, 15) is 22.8 Å². The molecular formula is C21H28F3N3O3. The fourth-order valence-corrected chi connectivity index (χ4v) is 4.01. The van der Waals surface area contributed by atoms with E-state index in [1.165, 1.54) is 11.0 Å². The van der Waals surface area contributed by atoms with Gasteiger partial charge in [-0.2, -0.15) is 13.2 Å². The minimum atomic E-state index is -4.42. The largest absolute Gasteiger partial charge is 0.416 e. The normalized spacial score (nSPS) is 21.2. The van der Waals surface area contributed by atoms with E-state index in [0.717, 1.165) is 31.8 Å². The Hall–Kier alpha value is -2.13. The van der Waals surface area contributed by atoms with Crippen molar-refractivity contribution in [3.8, 4) is 0 Å². The molecule has 9 heteroatoms. The number of piperazine rings is 1. The van der Waals surface area contributed by atoms with Gasteiger partial charge in [0.25, 0.3) is 0 Å². The van der Waals surface area contributed by atoms with Crippen LogP contribution in [0.4, 0.5) is 13.2 Å². The molecule has 2 aliphatic rings. The van der Waals surface area contributed by atoms with Gasteiger partial charge >= 0.3 is 6.18 Å². The van der Waals surface area contributed by atoms with Crippen molar-refractivity contribution < 1.29 is 27.5 Å². The molecule has 0 aromatic heterocycles. The van der Waals surface area contributed by atoms with Crippen molar-refractivity contribution in [2.75, 3.05) is 53.0 Å². The number of benzene rings is 1. The van der Waals surface area contributed by atoms with Crippen LogP contribution in [0.25, 0.3) is 0 Å². The fraction of sp³-hybridized carbons (Fsp3) is 0.619. The van der Waals surface area contributed by atoms with E-state index in [-0.39, 0.29) is 37.2 Å². The number of rotatable bonds is 6. The number of halogens is 3. The van der Waals surface area contributed by atoms with E-state index in [1.807, 2.05) is 4.90 Å². The lowest BCUT2D eigenvalue weighted by Crippen LogP contribution is -2.53. The summed E-state index contributed by atoms with van der Waals surface area (Å²) in [5.41, 5.74) is -0.318. The molecule has 1 unspecified atom stereocenters. The first-order chi connectivity index (χ1) is 14.3. The van der Waals surface area contributed by atoms with Crippen LogP contribution >= 0.6 is 0 Å². The third kappa shape index (κ3) is 5.72. The number of carbonyl (C=O) groups is 2. The molecule has 2 fully saturated rings. The molecule has 0 spiro atoms. The molecule has 1 aromatic rings. The maximum atomic E-state index is 13.0. The van der Waals surface area contributed by atoms with Crippen LogP contribution in [0.15, 0.2) is 24.3 Å². The Balaban J connectivity index is 1.58. The minimum absolute atomic E-state index is 0.0305. The molecule has 2 saturated heterocycles. The van der Waals surface area contributed by atoms with Gasteiger partial charge in [0.2, 0.25) is 11.8 Å². The van der Waals surface area contributed by atoms with Crippen molar-refractivity contribution >= 4 is 11.8 Å². The van der Waals surface area contributed by atoms with E-state index >= 15 is 0 Å². The predicted molar refractivity (Wildman–Crippen MR) is 104 cm³/mol. The molecule has 0 radical (unpaired) electrons. The lowest BCUT2D eigenvalue weighted by atomic mass is 9.95. The van der Waals surface area contributed by atoms with Crippen LogP contribution in [-0.2, 0) is 27.0 Å². The molecule has 166 valence electrons. The predicted octanol–water partition coefficient (Wildman–Crippen LogP) is 2.23. The summed E-state index contributed by atoms with van der Waals surface area (Å²) in [6.07, 6.45) is -3.70. The van der Waals surface area contributed by atoms with Gasteiger partial charge < -0.3 is 14.5 Å². The second-order valence-electron chi connectivity index (χ2n) is 7.87. The molecular weight excluding hydrogens is 399 g/mol. The zero-order valence-electron chi connectivity index (χ0n) is 17.2. The maximum absolute atomic E-state index is 13.0. The fourth-order valence-electron chi connectivity index (χ4n) is 4.01. The summed E-state index contributed by atoms with van der Waals surface area (Å²) >= 11 is 0. The Morgan fingerprint density at radius 2 is 1.93 bits per heavy atom. The zero-order chi connectivity index (χ0) is 21.7. The Morgan fingerprint density at radius 3 is 2.60 bits per heavy atom. The van der Waals surface area contributed by atoms with Crippen molar-refractivity contribution in [2.45, 2.75) is 25.6 Å². The van der Waals surface area contributed by atoms with E-state index < -0.39 is 11.7 Å². The monoisotopic (exact) mass is 427 g/mol. The smallest absolute Gasteiger partial charge is 0.383 e. The van der Waals surface area contributed by atoms with Gasteiger partial charge in [-0.1, -0.05) is 12.1 Å². The number of ether oxygens (including phenoxy) is 1. The Kier molecular flexibility index (Phi) is 7.36. The third-order valence-corrected chi connectivity index (χ3v) is 5.77. The molecule has 6 nitrogen and oxygen atoms in total. The Morgan fingerprint density at radius 1 is 1.20 bits per heavy atom. The number of piperidine rings is 1. The molecule has 1 atom stereocenters. The van der Waals surface area contributed by atoms with E-state index in [0.29, 0.717) is 31.7 Å². The highest BCUT2D eigenvalue weighted by Crippen LogP contribution is 2.30. The molecule has 30 heavy (non-hydrogen) atoms. The van der Waals surface area contributed by atoms with Crippen molar-refractivity contribution in [1.82, 2.24) is 14.7 Å². The number of hydrogen-bond acceptors (Lipinski definition) is 4. The number of nitrogens with zero attached hydrogens (tertiary/aromatic N) is 3. The zero-order valence-corrected chi connectivity index (χ0v) is 17.2. The molecule has 2 amide bonds. The van der Waals surface area contributed by atoms with Crippen molar-refractivity contribution in [2.24, 2.45) is 5.92 Å². The Labute approximate surface area is 174 Å². The van der Waals surface area contributed by atoms with Gasteiger partial charge in [-0.05, 0) is 24.1 Å². The number of methoxy groups -OCH3 is 1. The van der Waals surface area contributed by atoms with E-state index in [4.69, 9.17) is 4.74 Å². The molecule has 0 bridgehead atoms. The van der Waals surface area contributed by atoms with Crippen LogP contribution in [-0.4, -0.2) is 79.5 Å². The minimum Gasteiger partial charge on any atom is -0.383 e. The second kappa shape index (κ2) is 9.78. The highest BCUT2D eigenvalue weighted by atomic mass is 19.4. The number of hydrogen-bond donors (Lipinski definition) is 0. The number of carbonyl (C=O) groups excluding carboxylic acids is 2. The van der Waals surface area contributed by atoms with Crippen LogP contribution in [0.1, 0.15) is 24.0 Å². The lowest BCUT2D eigenvalue weighted by molar-refractivity contribution is -0.144. The second-order valence-corrected chi connectivity index (χ2v) is 7.87. The van der Waals surface area contributed by atoms with Gasteiger partial charge in [0, 0.05) is 59.3 Å². The molecule has 2 heterocycles. The van der Waals surface area contributed by atoms with Crippen LogP contribution in [0.5, 0.6) is 0 Å². The van der Waals surface area contributed by atoms with Crippen LogP contribution < -0.4 is 0 Å². The average Bonchev–Trinajstić information content (AvgIpc) is 2.73. The van der Waals surface area contributed by atoms with Crippen LogP contribution in [0.2, 0.25) is 0 Å². The standard InChI is InChI=1S/C21H28F3N3O3/c1-30-12-11-25-7-9-26(10-8-25)20(29)17-5-6-19(28)27(15-17)14-16-3-2-4-18(13-16)21(22,23)24/h2-4,13,17H,5-12,14-15H2,1H3. The quantitative estimate of drug-likeness (QED) is 0.699. The molecule has 0 saturated carbocycles. The molecule has 1 aromatic carbocycles. The summed E-state index contributed by atoms with van der Waals surface area (Å²) in [5, 5.41) is 0. The van der Waals surface area contributed by atoms with Crippen LogP contribution in [0.3, 0.4) is 0 Å². The summed E-state index contributed by atoms with van der Waals surface area (Å²) in [7, 11) is 1.66. The first-order valence-electron chi connectivity index (χ1n) is 10.2. The summed E-state index contributed by atoms with van der Waals surface area (Å²) < 4.78 is 43.9. The topological polar surface area (TPSA) is 53.1 Å². The van der Waals surface area contributed by atoms with Crippen molar-refractivity contribution in [1.29, 1.82) is 0 Å². The summed E-state index contributed by atoms with van der Waals surface area (Å²) in [6, 6.07) is 5.00. The van der Waals surface area contributed by atoms with Gasteiger partial charge in [0.1, 0.15) is 0 Å². The van der Waals surface area contributed by atoms with Crippen molar-refractivity contribution in [3.63, 3.8) is 0 Å². The van der Waals surface area contributed by atoms with E-state index in [2.05, 4.69) is 4.90 Å². The number of amides is 2. The van der Waals surface area contributed by atoms with Gasteiger partial charge in [0.05, 0.1) is 18.1 Å². The highest BCUT2D eigenvalue weighted by Gasteiger charge is 2.34.